The summed E-state index contributed by atoms with van der Waals surface area (Å²) in [5, 5.41) is 5.49. The summed E-state index contributed by atoms with van der Waals surface area (Å²) in [4.78, 5) is 25.4. The van der Waals surface area contributed by atoms with E-state index < -0.39 is 22.0 Å². The van der Waals surface area contributed by atoms with Crippen molar-refractivity contribution in [1.82, 2.24) is 5.32 Å². The maximum absolute atomic E-state index is 12.9. The highest BCUT2D eigenvalue weighted by Gasteiger charge is 2.29. The molecule has 2 aromatic carbocycles. The second-order valence-electron chi connectivity index (χ2n) is 7.42. The van der Waals surface area contributed by atoms with Crippen LogP contribution in [0.4, 0.5) is 11.4 Å². The van der Waals surface area contributed by atoms with Gasteiger partial charge in [0.15, 0.2) is 0 Å². The third-order valence-corrected chi connectivity index (χ3v) is 5.78. The van der Waals surface area contributed by atoms with E-state index in [2.05, 4.69) is 10.6 Å². The lowest BCUT2D eigenvalue weighted by molar-refractivity contribution is -0.116. The number of hydrogen-bond donors (Lipinski definition) is 2. The lowest BCUT2D eigenvalue weighted by Gasteiger charge is -2.28. The largest absolute Gasteiger partial charge is 0.350 e. The zero-order chi connectivity index (χ0) is 22.5. The van der Waals surface area contributed by atoms with Gasteiger partial charge in [-0.3, -0.25) is 13.9 Å². The monoisotopic (exact) mass is 431 g/mol. The molecule has 162 valence electrons. The van der Waals surface area contributed by atoms with Crippen LogP contribution >= 0.6 is 0 Å². The summed E-state index contributed by atoms with van der Waals surface area (Å²) < 4.78 is 26.0. The lowest BCUT2D eigenvalue weighted by atomic mass is 10.1. The minimum absolute atomic E-state index is 0.0630. The van der Waals surface area contributed by atoms with Gasteiger partial charge >= 0.3 is 0 Å². The van der Waals surface area contributed by atoms with Crippen LogP contribution in [-0.4, -0.2) is 38.6 Å². The van der Waals surface area contributed by atoms with Crippen molar-refractivity contribution >= 4 is 33.2 Å². The van der Waals surface area contributed by atoms with E-state index >= 15 is 0 Å². The Morgan fingerprint density at radius 1 is 1.00 bits per heavy atom. The smallest absolute Gasteiger partial charge is 0.253 e. The zero-order valence-electron chi connectivity index (χ0n) is 18.0. The third-order valence-electron chi connectivity index (χ3n) is 4.54. The molecule has 0 aliphatic rings. The lowest BCUT2D eigenvalue weighted by Crippen LogP contribution is -2.45. The maximum atomic E-state index is 12.9. The second kappa shape index (κ2) is 9.75. The average Bonchev–Trinajstić information content (AvgIpc) is 2.67. The highest BCUT2D eigenvalue weighted by molar-refractivity contribution is 7.92. The van der Waals surface area contributed by atoms with Crippen molar-refractivity contribution in [1.29, 1.82) is 0 Å². The molecule has 0 saturated heterocycles. The number of benzene rings is 2. The number of para-hydroxylation sites is 1. The fourth-order valence-electron chi connectivity index (χ4n) is 3.05. The van der Waals surface area contributed by atoms with E-state index in [1.807, 2.05) is 32.9 Å². The van der Waals surface area contributed by atoms with Crippen LogP contribution in [0.3, 0.4) is 0 Å². The van der Waals surface area contributed by atoms with Gasteiger partial charge in [-0.2, -0.15) is 0 Å². The molecule has 0 saturated carbocycles. The van der Waals surface area contributed by atoms with Gasteiger partial charge in [-0.15, -0.1) is 0 Å². The van der Waals surface area contributed by atoms with Gasteiger partial charge in [0.25, 0.3) is 5.91 Å². The molecule has 2 aromatic rings. The van der Waals surface area contributed by atoms with E-state index in [0.29, 0.717) is 16.9 Å². The molecule has 8 heteroatoms. The number of rotatable bonds is 8. The molecule has 0 aliphatic heterocycles. The van der Waals surface area contributed by atoms with Crippen molar-refractivity contribution in [2.75, 3.05) is 15.9 Å². The Kier molecular flexibility index (Phi) is 7.61. The average molecular weight is 432 g/mol. The molecule has 0 heterocycles. The predicted octanol–water partition coefficient (Wildman–Crippen LogP) is 3.18. The number of nitrogens with zero attached hydrogens (tertiary/aromatic N) is 1. The Morgan fingerprint density at radius 2 is 1.60 bits per heavy atom. The van der Waals surface area contributed by atoms with Crippen LogP contribution in [0.15, 0.2) is 48.5 Å². The standard InChI is InChI=1S/C22H29N3O4S/c1-6-17-11-13-18(14-12-17)25(30(5,28)29)16(4)21(26)24-20-10-8-7-9-19(20)22(27)23-15(2)3/h7-16H,6H2,1-5H3,(H,23,27)(H,24,26). The van der Waals surface area contributed by atoms with Gasteiger partial charge in [0.05, 0.1) is 23.2 Å². The zero-order valence-corrected chi connectivity index (χ0v) is 18.8. The number of carbonyl (C=O) groups excluding carboxylic acids is 2. The fourth-order valence-corrected chi connectivity index (χ4v) is 4.23. The van der Waals surface area contributed by atoms with Crippen LogP contribution < -0.4 is 14.9 Å². The quantitative estimate of drug-likeness (QED) is 0.671. The number of sulfonamides is 1. The Hall–Kier alpha value is -2.87. The first-order chi connectivity index (χ1) is 14.0. The third kappa shape index (κ3) is 5.82. The first-order valence-electron chi connectivity index (χ1n) is 9.83. The molecular weight excluding hydrogens is 402 g/mol. The summed E-state index contributed by atoms with van der Waals surface area (Å²) in [5.41, 5.74) is 2.10. The molecule has 0 spiro atoms. The van der Waals surface area contributed by atoms with Crippen LogP contribution in [-0.2, 0) is 21.2 Å². The summed E-state index contributed by atoms with van der Waals surface area (Å²) in [5.74, 6) is -0.853. The molecule has 2 N–H and O–H groups in total. The van der Waals surface area contributed by atoms with Gasteiger partial charge in [0, 0.05) is 6.04 Å². The van der Waals surface area contributed by atoms with Crippen LogP contribution in [0.1, 0.15) is 43.6 Å². The molecule has 0 aromatic heterocycles. The van der Waals surface area contributed by atoms with Crippen molar-refractivity contribution in [2.45, 2.75) is 46.2 Å². The number of hydrogen-bond acceptors (Lipinski definition) is 4. The van der Waals surface area contributed by atoms with Crippen LogP contribution in [0.25, 0.3) is 0 Å². The highest BCUT2D eigenvalue weighted by atomic mass is 32.2. The normalized spacial score (nSPS) is 12.3. The summed E-state index contributed by atoms with van der Waals surface area (Å²) in [7, 11) is -3.72. The fraction of sp³-hybridized carbons (Fsp3) is 0.364. The summed E-state index contributed by atoms with van der Waals surface area (Å²) in [6.07, 6.45) is 1.89. The maximum Gasteiger partial charge on any atom is 0.253 e. The van der Waals surface area contributed by atoms with E-state index in [4.69, 9.17) is 0 Å². The van der Waals surface area contributed by atoms with Crippen LogP contribution in [0, 0.1) is 0 Å². The van der Waals surface area contributed by atoms with Crippen molar-refractivity contribution < 1.29 is 18.0 Å². The van der Waals surface area contributed by atoms with Crippen molar-refractivity contribution in [3.8, 4) is 0 Å². The second-order valence-corrected chi connectivity index (χ2v) is 9.28. The van der Waals surface area contributed by atoms with Gasteiger partial charge in [0.1, 0.15) is 6.04 Å². The molecule has 1 unspecified atom stereocenters. The number of amides is 2. The molecule has 0 aliphatic carbocycles. The Morgan fingerprint density at radius 3 is 2.13 bits per heavy atom. The highest BCUT2D eigenvalue weighted by Crippen LogP contribution is 2.23. The summed E-state index contributed by atoms with van der Waals surface area (Å²) in [6.45, 7) is 7.21. The molecule has 0 radical (unpaired) electrons. The molecule has 2 amide bonds. The summed E-state index contributed by atoms with van der Waals surface area (Å²) in [6, 6.07) is 12.6. The topological polar surface area (TPSA) is 95.6 Å². The molecular formula is C22H29N3O4S. The number of carbonyl (C=O) groups is 2. The SMILES string of the molecule is CCc1ccc(N(C(C)C(=O)Nc2ccccc2C(=O)NC(C)C)S(C)(=O)=O)cc1. The first kappa shape index (κ1) is 23.4. The number of nitrogens with one attached hydrogen (secondary N) is 2. The molecule has 0 fully saturated rings. The van der Waals surface area contributed by atoms with Gasteiger partial charge in [-0.1, -0.05) is 31.2 Å². The molecule has 30 heavy (non-hydrogen) atoms. The summed E-state index contributed by atoms with van der Waals surface area (Å²) >= 11 is 0. The molecule has 7 nitrogen and oxygen atoms in total. The van der Waals surface area contributed by atoms with E-state index in [1.165, 1.54) is 6.92 Å². The minimum Gasteiger partial charge on any atom is -0.350 e. The van der Waals surface area contributed by atoms with Crippen molar-refractivity contribution in [3.63, 3.8) is 0 Å². The molecule has 1 atom stereocenters. The van der Waals surface area contributed by atoms with Crippen LogP contribution in [0.5, 0.6) is 0 Å². The van der Waals surface area contributed by atoms with E-state index in [1.54, 1.807) is 36.4 Å². The Labute approximate surface area is 178 Å². The van der Waals surface area contributed by atoms with Gasteiger partial charge in [0.2, 0.25) is 15.9 Å². The van der Waals surface area contributed by atoms with Gasteiger partial charge < -0.3 is 10.6 Å². The van der Waals surface area contributed by atoms with Crippen molar-refractivity contribution in [2.24, 2.45) is 0 Å². The molecule has 0 bridgehead atoms. The van der Waals surface area contributed by atoms with Crippen LogP contribution in [0.2, 0.25) is 0 Å². The van der Waals surface area contributed by atoms with Gasteiger partial charge in [-0.05, 0) is 57.0 Å². The Balaban J connectivity index is 2.31. The number of aryl methyl sites for hydroxylation is 1. The Bertz CT molecular complexity index is 1000. The molecule has 2 rings (SSSR count). The van der Waals surface area contributed by atoms with E-state index in [-0.39, 0.29) is 11.9 Å². The van der Waals surface area contributed by atoms with E-state index in [0.717, 1.165) is 22.5 Å². The number of anilines is 2. The van der Waals surface area contributed by atoms with Crippen molar-refractivity contribution in [3.05, 3.63) is 59.7 Å². The first-order valence-corrected chi connectivity index (χ1v) is 11.7. The van der Waals surface area contributed by atoms with E-state index in [9.17, 15) is 18.0 Å². The minimum atomic E-state index is -3.72. The predicted molar refractivity (Wildman–Crippen MR) is 120 cm³/mol. The van der Waals surface area contributed by atoms with Gasteiger partial charge in [-0.25, -0.2) is 8.42 Å².